The van der Waals surface area contributed by atoms with E-state index in [9.17, 15) is 9.90 Å². The van der Waals surface area contributed by atoms with Crippen LogP contribution in [0.2, 0.25) is 18.1 Å². The van der Waals surface area contributed by atoms with Crippen molar-refractivity contribution in [3.8, 4) is 0 Å². The summed E-state index contributed by atoms with van der Waals surface area (Å²) in [5.41, 5.74) is 0.552. The van der Waals surface area contributed by atoms with Gasteiger partial charge in [-0.2, -0.15) is 0 Å². The van der Waals surface area contributed by atoms with E-state index in [1.54, 1.807) is 28.1 Å². The molecule has 1 rings (SSSR count). The van der Waals surface area contributed by atoms with Crippen LogP contribution in [0.5, 0.6) is 0 Å². The fraction of sp³-hybridized carbons (Fsp3) is 0.864. The topological polar surface area (TPSA) is 74.2 Å². The zero-order valence-electron chi connectivity index (χ0n) is 19.9. The molecule has 0 aliphatic heterocycles. The molecule has 1 fully saturated rings. The lowest BCUT2D eigenvalue weighted by Crippen LogP contribution is -2.62. The zero-order valence-corrected chi connectivity index (χ0v) is 20.9. The second-order valence-electron chi connectivity index (χ2n) is 9.60. The van der Waals surface area contributed by atoms with Crippen molar-refractivity contribution >= 4 is 14.3 Å². The van der Waals surface area contributed by atoms with Crippen LogP contribution in [0.15, 0.2) is 11.6 Å². The maximum Gasteiger partial charge on any atom is 0.333 e. The van der Waals surface area contributed by atoms with E-state index in [0.29, 0.717) is 18.6 Å². The Morgan fingerprint density at radius 3 is 2.10 bits per heavy atom. The second kappa shape index (κ2) is 10.5. The summed E-state index contributed by atoms with van der Waals surface area (Å²) in [5, 5.41) is 11.1. The Kier molecular flexibility index (Phi) is 9.55. The highest BCUT2D eigenvalue weighted by Gasteiger charge is 2.52. The van der Waals surface area contributed by atoms with E-state index < -0.39 is 20.5 Å². The second-order valence-corrected chi connectivity index (χ2v) is 14.4. The smallest absolute Gasteiger partial charge is 0.333 e. The molecule has 6 nitrogen and oxygen atoms in total. The summed E-state index contributed by atoms with van der Waals surface area (Å²) in [7, 11) is 1.17. The van der Waals surface area contributed by atoms with Crippen LogP contribution < -0.4 is 0 Å². The normalized spacial score (nSPS) is 31.6. The molecule has 0 unspecified atom stereocenters. The third-order valence-electron chi connectivity index (χ3n) is 6.69. The minimum atomic E-state index is -2.07. The van der Waals surface area contributed by atoms with Gasteiger partial charge in [-0.25, -0.2) is 4.79 Å². The van der Waals surface area contributed by atoms with Gasteiger partial charge in [-0.05, 0) is 50.2 Å². The number of aliphatic hydroxyl groups is 1. The minimum absolute atomic E-state index is 0.0294. The van der Waals surface area contributed by atoms with E-state index in [1.165, 1.54) is 0 Å². The average molecular weight is 431 g/mol. The molecule has 0 radical (unpaired) electrons. The predicted molar refractivity (Wildman–Crippen MR) is 117 cm³/mol. The Morgan fingerprint density at radius 1 is 1.10 bits per heavy atom. The molecule has 0 aromatic rings. The molecule has 0 amide bonds. The quantitative estimate of drug-likeness (QED) is 0.357. The van der Waals surface area contributed by atoms with E-state index in [-0.39, 0.29) is 35.1 Å². The van der Waals surface area contributed by atoms with Gasteiger partial charge >= 0.3 is 5.97 Å². The lowest BCUT2D eigenvalue weighted by Gasteiger charge is -2.51. The molecule has 1 N–H and O–H groups in total. The average Bonchev–Trinajstić information content (AvgIpc) is 2.62. The number of methoxy groups -OCH3 is 2. The number of carbonyl (C=O) groups excluding carboxylic acids is 1. The van der Waals surface area contributed by atoms with Crippen molar-refractivity contribution in [1.29, 1.82) is 0 Å². The fourth-order valence-corrected chi connectivity index (χ4v) is 5.09. The van der Waals surface area contributed by atoms with E-state index in [0.717, 1.165) is 0 Å². The maximum atomic E-state index is 11.9. The molecule has 0 saturated heterocycles. The van der Waals surface area contributed by atoms with E-state index in [1.807, 2.05) is 6.08 Å². The van der Waals surface area contributed by atoms with E-state index >= 15 is 0 Å². The van der Waals surface area contributed by atoms with Crippen molar-refractivity contribution in [3.63, 3.8) is 0 Å². The van der Waals surface area contributed by atoms with Crippen molar-refractivity contribution in [2.24, 2.45) is 11.8 Å². The first-order valence-electron chi connectivity index (χ1n) is 10.6. The molecule has 0 bridgehead atoms. The molecule has 0 spiro atoms. The first-order chi connectivity index (χ1) is 13.3. The molecule has 6 atom stereocenters. The Balaban J connectivity index is 3.18. The summed E-state index contributed by atoms with van der Waals surface area (Å²) in [5.74, 6) is -0.412. The Morgan fingerprint density at radius 2 is 1.66 bits per heavy atom. The van der Waals surface area contributed by atoms with Crippen molar-refractivity contribution in [2.45, 2.75) is 90.5 Å². The van der Waals surface area contributed by atoms with Gasteiger partial charge in [0.1, 0.15) is 12.2 Å². The minimum Gasteiger partial charge on any atom is -0.463 e. The van der Waals surface area contributed by atoms with Crippen LogP contribution in [-0.4, -0.2) is 64.6 Å². The fourth-order valence-electron chi connectivity index (χ4n) is 3.71. The SMILES string of the molecule is CCOC(=O)/C(C)=C/C[C@@H]1[C@@H](C)[C@H](O[Si](C)(C)C(C)(C)C)[C@@H](OC)[C@@H](OC)[C@@H]1O. The number of ether oxygens (including phenoxy) is 3. The highest BCUT2D eigenvalue weighted by molar-refractivity contribution is 6.74. The molecule has 1 aliphatic carbocycles. The van der Waals surface area contributed by atoms with Crippen molar-refractivity contribution in [1.82, 2.24) is 0 Å². The lowest BCUT2D eigenvalue weighted by molar-refractivity contribution is -0.194. The number of rotatable bonds is 8. The van der Waals surface area contributed by atoms with Gasteiger partial charge in [0.15, 0.2) is 8.32 Å². The third-order valence-corrected chi connectivity index (χ3v) is 11.2. The summed E-state index contributed by atoms with van der Waals surface area (Å²) < 4.78 is 23.3. The zero-order chi connectivity index (χ0) is 22.6. The van der Waals surface area contributed by atoms with Crippen LogP contribution in [0.3, 0.4) is 0 Å². The van der Waals surface area contributed by atoms with Gasteiger partial charge in [-0.15, -0.1) is 0 Å². The molecule has 0 aromatic carbocycles. The van der Waals surface area contributed by atoms with Crippen LogP contribution in [0.25, 0.3) is 0 Å². The molecule has 0 heterocycles. The number of aliphatic hydroxyl groups excluding tert-OH is 1. The van der Waals surface area contributed by atoms with Crippen LogP contribution >= 0.6 is 0 Å². The highest BCUT2D eigenvalue weighted by atomic mass is 28.4. The van der Waals surface area contributed by atoms with Crippen LogP contribution in [-0.2, 0) is 23.4 Å². The lowest BCUT2D eigenvalue weighted by atomic mass is 9.71. The summed E-state index contributed by atoms with van der Waals surface area (Å²) in [6.45, 7) is 17.0. The van der Waals surface area contributed by atoms with Crippen LogP contribution in [0, 0.1) is 11.8 Å². The summed E-state index contributed by atoms with van der Waals surface area (Å²) in [6, 6.07) is 0. The van der Waals surface area contributed by atoms with Gasteiger partial charge < -0.3 is 23.7 Å². The van der Waals surface area contributed by atoms with Gasteiger partial charge in [0.05, 0.1) is 18.8 Å². The van der Waals surface area contributed by atoms with Crippen molar-refractivity contribution < 1.29 is 28.5 Å². The first kappa shape index (κ1) is 26.3. The molecule has 0 aromatic heterocycles. The standard InChI is InChI=1S/C22H42O6Si/c1-11-27-21(24)14(2)12-13-16-15(3)18(28-29(9,10)22(4,5)6)20(26-8)19(25-7)17(16)23/h12,15-20,23H,11,13H2,1-10H3/b14-12+/t15-,16-,17-,18+,19+,20-/m1/s1. The van der Waals surface area contributed by atoms with Gasteiger partial charge in [0.25, 0.3) is 0 Å². The third kappa shape index (κ3) is 6.14. The number of esters is 1. The molecule has 1 aliphatic rings. The summed E-state index contributed by atoms with van der Waals surface area (Å²) in [6.07, 6.45) is 0.630. The van der Waals surface area contributed by atoms with Gasteiger partial charge in [-0.3, -0.25) is 0 Å². The number of carbonyl (C=O) groups is 1. The Hall–Kier alpha value is -0.733. The predicted octanol–water partition coefficient (Wildman–Crippen LogP) is 3.93. The maximum absolute atomic E-state index is 11.9. The van der Waals surface area contributed by atoms with E-state index in [2.05, 4.69) is 40.8 Å². The molecule has 7 heteroatoms. The molecule has 1 saturated carbocycles. The number of allylic oxidation sites excluding steroid dienone is 1. The Labute approximate surface area is 178 Å². The van der Waals surface area contributed by atoms with Crippen LogP contribution in [0.1, 0.15) is 48.0 Å². The van der Waals surface area contributed by atoms with Gasteiger partial charge in [0, 0.05) is 19.8 Å². The summed E-state index contributed by atoms with van der Waals surface area (Å²) in [4.78, 5) is 11.9. The Bertz CT molecular complexity index is 568. The van der Waals surface area contributed by atoms with Gasteiger partial charge in [0.2, 0.25) is 0 Å². The molecular weight excluding hydrogens is 388 g/mol. The molecule has 29 heavy (non-hydrogen) atoms. The largest absolute Gasteiger partial charge is 0.463 e. The van der Waals surface area contributed by atoms with Crippen molar-refractivity contribution in [2.75, 3.05) is 20.8 Å². The number of hydrogen-bond acceptors (Lipinski definition) is 6. The number of hydrogen-bond donors (Lipinski definition) is 1. The van der Waals surface area contributed by atoms with Crippen molar-refractivity contribution in [3.05, 3.63) is 11.6 Å². The monoisotopic (exact) mass is 430 g/mol. The molecular formula is C22H42O6Si. The van der Waals surface area contributed by atoms with E-state index in [4.69, 9.17) is 18.6 Å². The highest BCUT2D eigenvalue weighted by Crippen LogP contribution is 2.43. The first-order valence-corrected chi connectivity index (χ1v) is 13.5. The molecule has 170 valence electrons. The van der Waals surface area contributed by atoms with Gasteiger partial charge in [-0.1, -0.05) is 33.8 Å². The summed E-state index contributed by atoms with van der Waals surface area (Å²) >= 11 is 0. The van der Waals surface area contributed by atoms with Crippen LogP contribution in [0.4, 0.5) is 0 Å².